The van der Waals surface area contributed by atoms with E-state index < -0.39 is 15.9 Å². The first-order valence-electron chi connectivity index (χ1n) is 5.53. The lowest BCUT2D eigenvalue weighted by Crippen LogP contribution is -2.30. The van der Waals surface area contributed by atoms with Gasteiger partial charge in [0.1, 0.15) is 4.90 Å². The highest BCUT2D eigenvalue weighted by molar-refractivity contribution is 7.89. The minimum absolute atomic E-state index is 0.0564. The Morgan fingerprint density at radius 3 is 2.83 bits per heavy atom. The van der Waals surface area contributed by atoms with Gasteiger partial charge < -0.3 is 4.74 Å². The predicted octanol–water partition coefficient (Wildman–Crippen LogP) is -0.161. The van der Waals surface area contributed by atoms with Crippen LogP contribution in [0.25, 0.3) is 0 Å². The molecule has 7 nitrogen and oxygen atoms in total. The fourth-order valence-corrected chi connectivity index (χ4v) is 3.58. The first kappa shape index (κ1) is 13.0. The maximum Gasteiger partial charge on any atom is 0.310 e. The fourth-order valence-electron chi connectivity index (χ4n) is 2.11. The highest BCUT2D eigenvalue weighted by Crippen LogP contribution is 2.28. The molecule has 0 saturated carbocycles. The summed E-state index contributed by atoms with van der Waals surface area (Å²) in [5, 5.41) is 6.09. The van der Waals surface area contributed by atoms with E-state index >= 15 is 0 Å². The number of carbonyl (C=O) groups is 1. The zero-order chi connectivity index (χ0) is 13.3. The number of aromatic nitrogens is 2. The van der Waals surface area contributed by atoms with Crippen molar-refractivity contribution in [2.45, 2.75) is 11.8 Å². The van der Waals surface area contributed by atoms with Gasteiger partial charge in [-0.15, -0.1) is 0 Å². The number of nitrogens with zero attached hydrogens (tertiary/aromatic N) is 2. The molecular weight excluding hydrogens is 258 g/mol. The molecule has 1 fully saturated rings. The number of hydrogen-bond acceptors (Lipinski definition) is 5. The second-order valence-electron chi connectivity index (χ2n) is 4.36. The van der Waals surface area contributed by atoms with E-state index in [0.29, 0.717) is 6.54 Å². The van der Waals surface area contributed by atoms with Gasteiger partial charge in [0.25, 0.3) is 0 Å². The highest BCUT2D eigenvalue weighted by atomic mass is 32.2. The molecule has 0 bridgehead atoms. The molecule has 1 N–H and O–H groups in total. The summed E-state index contributed by atoms with van der Waals surface area (Å²) in [6.07, 6.45) is 2.58. The van der Waals surface area contributed by atoms with Crippen LogP contribution in [0.15, 0.2) is 17.3 Å². The molecule has 1 aromatic rings. The molecule has 1 saturated heterocycles. The zero-order valence-corrected chi connectivity index (χ0v) is 11.0. The molecule has 2 heterocycles. The topological polar surface area (TPSA) is 92.4 Å². The van der Waals surface area contributed by atoms with Crippen LogP contribution in [-0.2, 0) is 19.6 Å². The van der Waals surface area contributed by atoms with Gasteiger partial charge in [-0.25, -0.2) is 8.42 Å². The first-order valence-corrected chi connectivity index (χ1v) is 6.97. The van der Waals surface area contributed by atoms with Crippen LogP contribution in [-0.4, -0.2) is 49.1 Å². The summed E-state index contributed by atoms with van der Waals surface area (Å²) in [4.78, 5) is 11.6. The molecule has 0 aromatic carbocycles. The van der Waals surface area contributed by atoms with Crippen molar-refractivity contribution in [3.63, 3.8) is 0 Å². The van der Waals surface area contributed by atoms with Gasteiger partial charge in [0, 0.05) is 19.3 Å². The number of nitrogens with one attached hydrogen (secondary N) is 1. The summed E-state index contributed by atoms with van der Waals surface area (Å²) in [6.45, 7) is 2.31. The molecule has 0 amide bonds. The Morgan fingerprint density at radius 2 is 2.28 bits per heavy atom. The summed E-state index contributed by atoms with van der Waals surface area (Å²) in [5.41, 5.74) is 0. The Labute approximate surface area is 105 Å². The van der Waals surface area contributed by atoms with Gasteiger partial charge in [0.15, 0.2) is 0 Å². The van der Waals surface area contributed by atoms with Crippen LogP contribution in [0.3, 0.4) is 0 Å². The molecule has 0 aliphatic carbocycles. The average Bonchev–Trinajstić information content (AvgIpc) is 2.97. The number of carbonyl (C=O) groups excluding carboxylic acids is 1. The maximum absolute atomic E-state index is 12.2. The number of ether oxygens (including phenoxy) is 1. The van der Waals surface area contributed by atoms with Gasteiger partial charge in [0.2, 0.25) is 10.0 Å². The van der Waals surface area contributed by atoms with Crippen molar-refractivity contribution in [1.29, 1.82) is 0 Å². The van der Waals surface area contributed by atoms with Gasteiger partial charge >= 0.3 is 5.97 Å². The minimum atomic E-state index is -3.57. The van der Waals surface area contributed by atoms with E-state index in [2.05, 4.69) is 14.9 Å². The van der Waals surface area contributed by atoms with Gasteiger partial charge in [-0.05, 0) is 5.92 Å². The number of rotatable bonds is 3. The molecule has 100 valence electrons. The number of esters is 1. The summed E-state index contributed by atoms with van der Waals surface area (Å²) in [7, 11) is -2.26. The van der Waals surface area contributed by atoms with Crippen LogP contribution in [0, 0.1) is 11.8 Å². The molecule has 1 aliphatic rings. The van der Waals surface area contributed by atoms with E-state index in [0.717, 1.165) is 0 Å². The smallest absolute Gasteiger partial charge is 0.310 e. The Morgan fingerprint density at radius 1 is 1.56 bits per heavy atom. The summed E-state index contributed by atoms with van der Waals surface area (Å²) in [6, 6.07) is 0. The van der Waals surface area contributed by atoms with E-state index in [1.807, 2.05) is 6.92 Å². The minimum Gasteiger partial charge on any atom is -0.469 e. The van der Waals surface area contributed by atoms with Crippen molar-refractivity contribution in [2.75, 3.05) is 20.2 Å². The number of H-pyrrole nitrogens is 1. The van der Waals surface area contributed by atoms with Crippen molar-refractivity contribution in [2.24, 2.45) is 11.8 Å². The molecule has 8 heteroatoms. The largest absolute Gasteiger partial charge is 0.469 e. The number of sulfonamides is 1. The van der Waals surface area contributed by atoms with E-state index in [1.165, 1.54) is 23.8 Å². The molecule has 1 aromatic heterocycles. The molecule has 1 aliphatic heterocycles. The van der Waals surface area contributed by atoms with Crippen LogP contribution in [0.5, 0.6) is 0 Å². The number of methoxy groups -OCH3 is 1. The van der Waals surface area contributed by atoms with E-state index in [-0.39, 0.29) is 23.3 Å². The highest BCUT2D eigenvalue weighted by Gasteiger charge is 2.41. The molecule has 0 radical (unpaired) electrons. The second-order valence-corrected chi connectivity index (χ2v) is 6.30. The second kappa shape index (κ2) is 4.69. The Bertz CT molecular complexity index is 525. The van der Waals surface area contributed by atoms with Crippen molar-refractivity contribution in [1.82, 2.24) is 14.5 Å². The molecular formula is C10H15N3O4S. The van der Waals surface area contributed by atoms with Crippen molar-refractivity contribution >= 4 is 16.0 Å². The third-order valence-electron chi connectivity index (χ3n) is 3.19. The van der Waals surface area contributed by atoms with Crippen LogP contribution in [0.1, 0.15) is 6.92 Å². The van der Waals surface area contributed by atoms with E-state index in [4.69, 9.17) is 0 Å². The fraction of sp³-hybridized carbons (Fsp3) is 0.600. The Balaban J connectivity index is 2.20. The van der Waals surface area contributed by atoms with Gasteiger partial charge in [-0.3, -0.25) is 9.89 Å². The molecule has 2 atom stereocenters. The van der Waals surface area contributed by atoms with Crippen molar-refractivity contribution < 1.29 is 17.9 Å². The van der Waals surface area contributed by atoms with Crippen LogP contribution >= 0.6 is 0 Å². The van der Waals surface area contributed by atoms with E-state index in [9.17, 15) is 13.2 Å². The monoisotopic (exact) mass is 273 g/mol. The normalized spacial score (nSPS) is 25.2. The van der Waals surface area contributed by atoms with Crippen LogP contribution < -0.4 is 0 Å². The van der Waals surface area contributed by atoms with Gasteiger partial charge in [-0.2, -0.15) is 9.40 Å². The predicted molar refractivity (Wildman–Crippen MR) is 62.0 cm³/mol. The number of aromatic amines is 1. The summed E-state index contributed by atoms with van der Waals surface area (Å²) >= 11 is 0. The first-order chi connectivity index (χ1) is 8.46. The van der Waals surface area contributed by atoms with E-state index in [1.54, 1.807) is 0 Å². The average molecular weight is 273 g/mol. The van der Waals surface area contributed by atoms with Crippen molar-refractivity contribution in [3.8, 4) is 0 Å². The molecule has 2 unspecified atom stereocenters. The molecule has 18 heavy (non-hydrogen) atoms. The Kier molecular flexibility index (Phi) is 3.40. The third kappa shape index (κ3) is 2.13. The number of hydrogen-bond donors (Lipinski definition) is 1. The quantitative estimate of drug-likeness (QED) is 0.772. The molecule has 0 spiro atoms. The van der Waals surface area contributed by atoms with Gasteiger partial charge in [0.05, 0.1) is 19.2 Å². The molecule has 2 rings (SSSR count). The SMILES string of the molecule is COC(=O)C1CN(S(=O)(=O)c2cn[nH]c2)CC1C. The summed E-state index contributed by atoms with van der Waals surface area (Å²) in [5.74, 6) is -0.830. The lowest BCUT2D eigenvalue weighted by atomic mass is 9.99. The lowest BCUT2D eigenvalue weighted by molar-refractivity contribution is -0.145. The third-order valence-corrected chi connectivity index (χ3v) is 4.99. The summed E-state index contributed by atoms with van der Waals surface area (Å²) < 4.78 is 30.4. The van der Waals surface area contributed by atoms with Crippen molar-refractivity contribution in [3.05, 3.63) is 12.4 Å². The maximum atomic E-state index is 12.2. The van der Waals surface area contributed by atoms with Crippen LogP contribution in [0.4, 0.5) is 0 Å². The Hall–Kier alpha value is -1.41. The zero-order valence-electron chi connectivity index (χ0n) is 10.2. The standard InChI is InChI=1S/C10H15N3O4S/c1-7-5-13(6-9(7)10(14)17-2)18(15,16)8-3-11-12-4-8/h3-4,7,9H,5-6H2,1-2H3,(H,11,12). The van der Waals surface area contributed by atoms with Gasteiger partial charge in [-0.1, -0.05) is 6.92 Å². The lowest BCUT2D eigenvalue weighted by Gasteiger charge is -2.14. The van der Waals surface area contributed by atoms with Crippen LogP contribution in [0.2, 0.25) is 0 Å².